The number of hydrogen-bond donors (Lipinski definition) is 1. The second-order valence-electron chi connectivity index (χ2n) is 7.97. The molecule has 0 atom stereocenters. The highest BCUT2D eigenvalue weighted by Crippen LogP contribution is 2.24. The number of hydrogen-bond acceptors (Lipinski definition) is 4. The van der Waals surface area contributed by atoms with E-state index in [1.54, 1.807) is 29.2 Å². The first kappa shape index (κ1) is 20.8. The van der Waals surface area contributed by atoms with Crippen molar-refractivity contribution in [3.05, 3.63) is 82.2 Å². The molecule has 3 aromatic rings. The van der Waals surface area contributed by atoms with Gasteiger partial charge in [0.15, 0.2) is 0 Å². The highest BCUT2D eigenvalue weighted by Gasteiger charge is 2.30. The minimum absolute atomic E-state index is 0.0277. The lowest BCUT2D eigenvalue weighted by Crippen LogP contribution is -2.48. The lowest BCUT2D eigenvalue weighted by molar-refractivity contribution is -0.122. The Kier molecular flexibility index (Phi) is 6.46. The van der Waals surface area contributed by atoms with Crippen molar-refractivity contribution in [2.45, 2.75) is 44.7 Å². The molecule has 1 heterocycles. The van der Waals surface area contributed by atoms with Crippen LogP contribution in [0.2, 0.25) is 0 Å². The molecule has 31 heavy (non-hydrogen) atoms. The molecule has 0 radical (unpaired) electrons. The SMILES string of the molecule is O=C(CN(C(=O)c1cc2ccccc2oc1=O)C1CCCCC1)NCc1ccccc1. The van der Waals surface area contributed by atoms with Crippen molar-refractivity contribution in [2.24, 2.45) is 0 Å². The molecule has 1 saturated carbocycles. The number of nitrogens with zero attached hydrogens (tertiary/aromatic N) is 1. The zero-order chi connectivity index (χ0) is 21.6. The van der Waals surface area contributed by atoms with Crippen molar-refractivity contribution in [3.8, 4) is 0 Å². The monoisotopic (exact) mass is 418 g/mol. The summed E-state index contributed by atoms with van der Waals surface area (Å²) in [4.78, 5) is 40.2. The summed E-state index contributed by atoms with van der Waals surface area (Å²) in [6.07, 6.45) is 4.79. The van der Waals surface area contributed by atoms with Crippen LogP contribution in [-0.2, 0) is 11.3 Å². The van der Waals surface area contributed by atoms with E-state index in [0.717, 1.165) is 37.7 Å². The Morgan fingerprint density at radius 2 is 1.68 bits per heavy atom. The number of carbonyl (C=O) groups excluding carboxylic acids is 2. The fraction of sp³-hybridized carbons (Fsp3) is 0.320. The summed E-state index contributed by atoms with van der Waals surface area (Å²) in [5, 5.41) is 3.57. The minimum atomic E-state index is -0.672. The predicted octanol–water partition coefficient (Wildman–Crippen LogP) is 3.88. The second kappa shape index (κ2) is 9.60. The standard InChI is InChI=1S/C25H26N2O4/c28-23(26-16-18-9-3-1-4-10-18)17-27(20-12-5-2-6-13-20)24(29)21-15-19-11-7-8-14-22(19)31-25(21)30/h1,3-4,7-11,14-15,20H,2,5-6,12-13,16-17H2,(H,26,28). The number of nitrogens with one attached hydrogen (secondary N) is 1. The van der Waals surface area contributed by atoms with E-state index in [0.29, 0.717) is 17.5 Å². The number of fused-ring (bicyclic) bond motifs is 1. The van der Waals surface area contributed by atoms with Crippen LogP contribution in [0.4, 0.5) is 0 Å². The number of amides is 2. The van der Waals surface area contributed by atoms with Gasteiger partial charge in [-0.05, 0) is 30.5 Å². The van der Waals surface area contributed by atoms with E-state index in [1.165, 1.54) is 0 Å². The van der Waals surface area contributed by atoms with Crippen molar-refractivity contribution in [2.75, 3.05) is 6.54 Å². The van der Waals surface area contributed by atoms with Gasteiger partial charge in [0.1, 0.15) is 17.7 Å². The molecule has 1 fully saturated rings. The molecule has 6 nitrogen and oxygen atoms in total. The van der Waals surface area contributed by atoms with Crippen LogP contribution < -0.4 is 10.9 Å². The van der Waals surface area contributed by atoms with E-state index in [9.17, 15) is 14.4 Å². The molecule has 1 aliphatic rings. The molecule has 2 aromatic carbocycles. The fourth-order valence-electron chi connectivity index (χ4n) is 4.13. The highest BCUT2D eigenvalue weighted by molar-refractivity contribution is 5.98. The molecule has 0 bridgehead atoms. The maximum Gasteiger partial charge on any atom is 0.349 e. The van der Waals surface area contributed by atoms with Crippen molar-refractivity contribution < 1.29 is 14.0 Å². The number of rotatable bonds is 6. The summed E-state index contributed by atoms with van der Waals surface area (Å²) in [6, 6.07) is 18.2. The molecule has 6 heteroatoms. The van der Waals surface area contributed by atoms with Gasteiger partial charge in [0.05, 0.1) is 0 Å². The van der Waals surface area contributed by atoms with Crippen molar-refractivity contribution in [1.29, 1.82) is 0 Å². The molecule has 0 aliphatic heterocycles. The molecule has 0 saturated heterocycles. The Hall–Kier alpha value is -3.41. The van der Waals surface area contributed by atoms with Gasteiger partial charge < -0.3 is 14.6 Å². The van der Waals surface area contributed by atoms with E-state index < -0.39 is 11.5 Å². The van der Waals surface area contributed by atoms with Crippen molar-refractivity contribution in [3.63, 3.8) is 0 Å². The summed E-state index contributed by atoms with van der Waals surface area (Å²) in [5.74, 6) is -0.686. The van der Waals surface area contributed by atoms with Gasteiger partial charge in [-0.3, -0.25) is 9.59 Å². The van der Waals surface area contributed by atoms with Crippen LogP contribution in [0.5, 0.6) is 0 Å². The second-order valence-corrected chi connectivity index (χ2v) is 7.97. The highest BCUT2D eigenvalue weighted by atomic mass is 16.4. The first-order valence-electron chi connectivity index (χ1n) is 10.8. The van der Waals surface area contributed by atoms with E-state index >= 15 is 0 Å². The van der Waals surface area contributed by atoms with Gasteiger partial charge in [-0.2, -0.15) is 0 Å². The molecular weight excluding hydrogens is 392 g/mol. The Labute approximate surface area is 180 Å². The van der Waals surface area contributed by atoms with Gasteiger partial charge in [0.2, 0.25) is 5.91 Å². The van der Waals surface area contributed by atoms with Gasteiger partial charge in [-0.15, -0.1) is 0 Å². The Balaban J connectivity index is 1.55. The third-order valence-electron chi connectivity index (χ3n) is 5.79. The van der Waals surface area contributed by atoms with Gasteiger partial charge in [0, 0.05) is 18.0 Å². The average molecular weight is 418 g/mol. The van der Waals surface area contributed by atoms with Crippen LogP contribution >= 0.6 is 0 Å². The summed E-state index contributed by atoms with van der Waals surface area (Å²) < 4.78 is 5.36. The maximum absolute atomic E-state index is 13.4. The van der Waals surface area contributed by atoms with E-state index in [4.69, 9.17) is 4.42 Å². The Morgan fingerprint density at radius 3 is 2.45 bits per heavy atom. The van der Waals surface area contributed by atoms with Crippen LogP contribution in [0.1, 0.15) is 48.0 Å². The zero-order valence-corrected chi connectivity index (χ0v) is 17.4. The quantitative estimate of drug-likeness (QED) is 0.616. The molecular formula is C25H26N2O4. The molecule has 1 aliphatic carbocycles. The smallest absolute Gasteiger partial charge is 0.349 e. The van der Waals surface area contributed by atoms with Gasteiger partial charge in [-0.1, -0.05) is 67.8 Å². The van der Waals surface area contributed by atoms with Gasteiger partial charge in [-0.25, -0.2) is 4.79 Å². The average Bonchev–Trinajstić information content (AvgIpc) is 2.81. The van der Waals surface area contributed by atoms with Crippen LogP contribution in [-0.4, -0.2) is 29.3 Å². The first-order valence-corrected chi connectivity index (χ1v) is 10.8. The molecule has 4 rings (SSSR count). The Bertz CT molecular complexity index is 1120. The molecule has 0 unspecified atom stereocenters. The summed E-state index contributed by atoms with van der Waals surface area (Å²) in [5.41, 5.74) is 0.727. The van der Waals surface area contributed by atoms with E-state index in [-0.39, 0.29) is 24.1 Å². The molecule has 1 aromatic heterocycles. The molecule has 1 N–H and O–H groups in total. The van der Waals surface area contributed by atoms with Crippen LogP contribution in [0.15, 0.2) is 69.9 Å². The molecule has 0 spiro atoms. The third kappa shape index (κ3) is 5.02. The summed E-state index contributed by atoms with van der Waals surface area (Å²) in [6.45, 7) is 0.313. The lowest BCUT2D eigenvalue weighted by atomic mass is 9.93. The minimum Gasteiger partial charge on any atom is -0.422 e. The molecule has 160 valence electrons. The Morgan fingerprint density at radius 1 is 0.968 bits per heavy atom. The van der Waals surface area contributed by atoms with Crippen LogP contribution in [0.3, 0.4) is 0 Å². The molecule has 2 amide bonds. The number of para-hydroxylation sites is 1. The van der Waals surface area contributed by atoms with Gasteiger partial charge in [0.25, 0.3) is 5.91 Å². The lowest BCUT2D eigenvalue weighted by Gasteiger charge is -2.33. The topological polar surface area (TPSA) is 79.6 Å². The van der Waals surface area contributed by atoms with E-state index in [2.05, 4.69) is 5.32 Å². The van der Waals surface area contributed by atoms with Crippen LogP contribution in [0.25, 0.3) is 11.0 Å². The fourth-order valence-corrected chi connectivity index (χ4v) is 4.13. The van der Waals surface area contributed by atoms with Gasteiger partial charge >= 0.3 is 5.63 Å². The van der Waals surface area contributed by atoms with Crippen molar-refractivity contribution in [1.82, 2.24) is 10.2 Å². The zero-order valence-electron chi connectivity index (χ0n) is 17.4. The summed E-state index contributed by atoms with van der Waals surface area (Å²) in [7, 11) is 0. The van der Waals surface area contributed by atoms with Crippen molar-refractivity contribution >= 4 is 22.8 Å². The summed E-state index contributed by atoms with van der Waals surface area (Å²) >= 11 is 0. The number of benzene rings is 2. The maximum atomic E-state index is 13.4. The third-order valence-corrected chi connectivity index (χ3v) is 5.79. The normalized spacial score (nSPS) is 14.3. The van der Waals surface area contributed by atoms with E-state index in [1.807, 2.05) is 36.4 Å². The number of carbonyl (C=O) groups is 2. The first-order chi connectivity index (χ1) is 15.1. The van der Waals surface area contributed by atoms with Crippen LogP contribution in [0, 0.1) is 0 Å². The predicted molar refractivity (Wildman–Crippen MR) is 119 cm³/mol. The largest absolute Gasteiger partial charge is 0.422 e.